The molecule has 0 spiro atoms. The molecule has 150 valence electrons. The van der Waals surface area contributed by atoms with E-state index in [1.165, 1.54) is 5.56 Å². The second-order valence-electron chi connectivity index (χ2n) is 8.20. The van der Waals surface area contributed by atoms with Crippen molar-refractivity contribution in [2.75, 3.05) is 19.6 Å². The molecule has 4 atom stereocenters. The van der Waals surface area contributed by atoms with E-state index >= 15 is 0 Å². The lowest BCUT2D eigenvalue weighted by Crippen LogP contribution is -2.48. The van der Waals surface area contributed by atoms with E-state index in [4.69, 9.17) is 5.73 Å². The second kappa shape index (κ2) is 7.91. The number of likely N-dealkylation sites (tertiary alicyclic amines) is 2. The summed E-state index contributed by atoms with van der Waals surface area (Å²) in [7, 11) is 0. The van der Waals surface area contributed by atoms with Crippen molar-refractivity contribution in [2.45, 2.75) is 56.1 Å². The largest absolute Gasteiger partial charge is 0.350 e. The van der Waals surface area contributed by atoms with Gasteiger partial charge in [0.15, 0.2) is 0 Å². The van der Waals surface area contributed by atoms with Crippen LogP contribution in [0, 0.1) is 0 Å². The fourth-order valence-corrected chi connectivity index (χ4v) is 4.47. The number of amides is 3. The number of hydrogen-bond acceptors (Lipinski definition) is 4. The predicted octanol–water partition coefficient (Wildman–Crippen LogP) is 0.599. The van der Waals surface area contributed by atoms with E-state index in [1.807, 2.05) is 23.1 Å². The molecule has 2 saturated heterocycles. The van der Waals surface area contributed by atoms with Crippen molar-refractivity contribution in [3.05, 3.63) is 35.9 Å². The lowest BCUT2D eigenvalue weighted by molar-refractivity contribution is -0.136. The Kier molecular flexibility index (Phi) is 5.35. The van der Waals surface area contributed by atoms with Crippen molar-refractivity contribution in [2.24, 2.45) is 5.73 Å². The van der Waals surface area contributed by atoms with Gasteiger partial charge in [0.25, 0.3) is 0 Å². The summed E-state index contributed by atoms with van der Waals surface area (Å²) in [5.41, 5.74) is 7.14. The summed E-state index contributed by atoms with van der Waals surface area (Å²) in [5.74, 6) is 0.135. The van der Waals surface area contributed by atoms with E-state index < -0.39 is 6.04 Å². The van der Waals surface area contributed by atoms with Crippen LogP contribution in [0.5, 0.6) is 0 Å². The molecule has 28 heavy (non-hydrogen) atoms. The van der Waals surface area contributed by atoms with Crippen molar-refractivity contribution in [1.82, 2.24) is 15.1 Å². The highest BCUT2D eigenvalue weighted by Gasteiger charge is 2.48. The first-order valence-electron chi connectivity index (χ1n) is 10.2. The summed E-state index contributed by atoms with van der Waals surface area (Å²) in [6.07, 6.45) is 3.76. The third kappa shape index (κ3) is 4.04. The Morgan fingerprint density at radius 1 is 1.18 bits per heavy atom. The average molecular weight is 384 g/mol. The average Bonchev–Trinajstić information content (AvgIpc) is 3.42. The van der Waals surface area contributed by atoms with Crippen molar-refractivity contribution >= 4 is 17.7 Å². The van der Waals surface area contributed by atoms with Gasteiger partial charge in [0.05, 0.1) is 18.6 Å². The number of nitrogens with zero attached hydrogens (tertiary/aromatic N) is 2. The normalized spacial score (nSPS) is 30.3. The Balaban J connectivity index is 1.29. The zero-order valence-corrected chi connectivity index (χ0v) is 16.0. The molecule has 7 nitrogen and oxygen atoms in total. The van der Waals surface area contributed by atoms with Crippen LogP contribution in [0.2, 0.25) is 0 Å². The van der Waals surface area contributed by atoms with Gasteiger partial charge in [-0.1, -0.05) is 30.3 Å². The van der Waals surface area contributed by atoms with Crippen LogP contribution in [0.25, 0.3) is 0 Å². The number of hydrogen-bond donors (Lipinski definition) is 2. The maximum absolute atomic E-state index is 12.4. The first-order valence-corrected chi connectivity index (χ1v) is 10.2. The minimum Gasteiger partial charge on any atom is -0.350 e. The highest BCUT2D eigenvalue weighted by atomic mass is 16.2. The fraction of sp³-hybridized carbons (Fsp3) is 0.571. The summed E-state index contributed by atoms with van der Waals surface area (Å²) in [6, 6.07) is 9.79. The summed E-state index contributed by atoms with van der Waals surface area (Å²) in [5, 5.41) is 2.94. The van der Waals surface area contributed by atoms with Crippen molar-refractivity contribution in [3.8, 4) is 0 Å². The monoisotopic (exact) mass is 384 g/mol. The van der Waals surface area contributed by atoms with Crippen LogP contribution in [0.15, 0.2) is 30.3 Å². The molecule has 0 aromatic heterocycles. The van der Waals surface area contributed by atoms with E-state index in [0.717, 1.165) is 19.3 Å². The van der Waals surface area contributed by atoms with Gasteiger partial charge in [-0.15, -0.1) is 0 Å². The quantitative estimate of drug-likeness (QED) is 0.777. The molecule has 3 fully saturated rings. The third-order valence-corrected chi connectivity index (χ3v) is 6.06. The van der Waals surface area contributed by atoms with Crippen LogP contribution >= 0.6 is 0 Å². The van der Waals surface area contributed by atoms with Crippen LogP contribution in [0.1, 0.15) is 43.6 Å². The molecular formula is C21H28N4O3. The molecule has 1 aromatic rings. The number of rotatable bonds is 5. The van der Waals surface area contributed by atoms with E-state index in [-0.39, 0.29) is 36.3 Å². The van der Waals surface area contributed by atoms with Crippen LogP contribution in [0.4, 0.5) is 0 Å². The summed E-state index contributed by atoms with van der Waals surface area (Å²) >= 11 is 0. The molecular weight excluding hydrogens is 356 g/mol. The minimum absolute atomic E-state index is 0.0211. The smallest absolute Gasteiger partial charge is 0.239 e. The molecule has 4 rings (SSSR count). The first-order chi connectivity index (χ1) is 13.5. The van der Waals surface area contributed by atoms with Crippen molar-refractivity contribution in [3.63, 3.8) is 0 Å². The molecule has 4 unspecified atom stereocenters. The number of nitrogens with one attached hydrogen (secondary N) is 1. The zero-order chi connectivity index (χ0) is 19.7. The van der Waals surface area contributed by atoms with Crippen molar-refractivity contribution in [1.29, 1.82) is 0 Å². The van der Waals surface area contributed by atoms with Gasteiger partial charge in [0.1, 0.15) is 0 Å². The Hall–Kier alpha value is -2.41. The van der Waals surface area contributed by atoms with Crippen LogP contribution < -0.4 is 11.1 Å². The number of benzene rings is 1. The van der Waals surface area contributed by atoms with Gasteiger partial charge in [0.2, 0.25) is 17.7 Å². The van der Waals surface area contributed by atoms with Crippen LogP contribution in [-0.2, 0) is 14.4 Å². The molecule has 3 amide bonds. The predicted molar refractivity (Wildman–Crippen MR) is 104 cm³/mol. The SMILES string of the molecule is NC1CCCCN(CC(=O)NC2CC(=O)N(C3CC3c3ccccc3)C2)C1=O. The number of carbonyl (C=O) groups is 3. The van der Waals surface area contributed by atoms with E-state index in [9.17, 15) is 14.4 Å². The van der Waals surface area contributed by atoms with E-state index in [1.54, 1.807) is 4.90 Å². The van der Waals surface area contributed by atoms with E-state index in [2.05, 4.69) is 17.4 Å². The Morgan fingerprint density at radius 2 is 1.96 bits per heavy atom. The molecule has 1 saturated carbocycles. The molecule has 1 aliphatic carbocycles. The summed E-state index contributed by atoms with van der Waals surface area (Å²) in [6.45, 7) is 1.13. The van der Waals surface area contributed by atoms with Gasteiger partial charge in [-0.05, 0) is 31.2 Å². The molecule has 3 N–H and O–H groups in total. The topological polar surface area (TPSA) is 95.7 Å². The molecule has 1 aromatic carbocycles. The molecule has 7 heteroatoms. The van der Waals surface area contributed by atoms with Gasteiger partial charge >= 0.3 is 0 Å². The standard InChI is InChI=1S/C21H28N4O3/c22-17-8-4-5-9-24(21(17)28)13-19(26)23-15-10-20(27)25(12-15)18-11-16(18)14-6-2-1-3-7-14/h1-3,6-7,15-18H,4-5,8-13,22H2,(H,23,26). The van der Waals surface area contributed by atoms with Crippen molar-refractivity contribution < 1.29 is 14.4 Å². The van der Waals surface area contributed by atoms with Crippen LogP contribution in [-0.4, -0.2) is 65.3 Å². The summed E-state index contributed by atoms with van der Waals surface area (Å²) < 4.78 is 0. The maximum Gasteiger partial charge on any atom is 0.239 e. The Morgan fingerprint density at radius 3 is 2.75 bits per heavy atom. The lowest BCUT2D eigenvalue weighted by atomic mass is 10.1. The Bertz CT molecular complexity index is 753. The highest BCUT2D eigenvalue weighted by Crippen LogP contribution is 2.45. The van der Waals surface area contributed by atoms with Gasteiger partial charge in [-0.2, -0.15) is 0 Å². The summed E-state index contributed by atoms with van der Waals surface area (Å²) in [4.78, 5) is 40.6. The van der Waals surface area contributed by atoms with Gasteiger partial charge < -0.3 is 20.9 Å². The number of carbonyl (C=O) groups excluding carboxylic acids is 3. The molecule has 3 aliphatic rings. The molecule has 2 heterocycles. The maximum atomic E-state index is 12.4. The molecule has 0 radical (unpaired) electrons. The minimum atomic E-state index is -0.511. The van der Waals surface area contributed by atoms with Gasteiger partial charge in [-0.25, -0.2) is 0 Å². The Labute approximate surface area is 165 Å². The third-order valence-electron chi connectivity index (χ3n) is 6.06. The first kappa shape index (κ1) is 18.9. The fourth-order valence-electron chi connectivity index (χ4n) is 4.47. The highest BCUT2D eigenvalue weighted by molar-refractivity contribution is 5.88. The van der Waals surface area contributed by atoms with Gasteiger partial charge in [-0.3, -0.25) is 14.4 Å². The zero-order valence-electron chi connectivity index (χ0n) is 16.0. The number of nitrogens with two attached hydrogens (primary N) is 1. The lowest BCUT2D eigenvalue weighted by Gasteiger charge is -2.23. The van der Waals surface area contributed by atoms with Gasteiger partial charge in [0, 0.05) is 31.5 Å². The van der Waals surface area contributed by atoms with Crippen LogP contribution in [0.3, 0.4) is 0 Å². The second-order valence-corrected chi connectivity index (χ2v) is 8.20. The molecule has 2 aliphatic heterocycles. The molecule has 0 bridgehead atoms. The van der Waals surface area contributed by atoms with E-state index in [0.29, 0.717) is 31.8 Å².